The summed E-state index contributed by atoms with van der Waals surface area (Å²) in [6, 6.07) is 5.55. The number of nitrogens with zero attached hydrogens (tertiary/aromatic N) is 1. The molecule has 0 spiro atoms. The van der Waals surface area contributed by atoms with E-state index in [4.69, 9.17) is 15.7 Å². The normalized spacial score (nSPS) is 18.3. The summed E-state index contributed by atoms with van der Waals surface area (Å²) in [5.41, 5.74) is 6.48. The smallest absolute Gasteiger partial charge is 0.238 e. The zero-order valence-corrected chi connectivity index (χ0v) is 13.3. The van der Waals surface area contributed by atoms with E-state index in [1.807, 2.05) is 25.1 Å². The highest BCUT2D eigenvalue weighted by molar-refractivity contribution is 9.10. The Morgan fingerprint density at radius 3 is 2.71 bits per heavy atom. The number of carbonyl (C=O) groups excluding carboxylic acids is 1. The van der Waals surface area contributed by atoms with Gasteiger partial charge >= 0.3 is 0 Å². The number of ether oxygens (including phenoxy) is 1. The van der Waals surface area contributed by atoms with Gasteiger partial charge in [-0.2, -0.15) is 0 Å². The van der Waals surface area contributed by atoms with Crippen LogP contribution in [0.4, 0.5) is 5.69 Å². The first kappa shape index (κ1) is 15.8. The summed E-state index contributed by atoms with van der Waals surface area (Å²) in [7, 11) is 0. The fourth-order valence-electron chi connectivity index (χ4n) is 2.34. The van der Waals surface area contributed by atoms with Gasteiger partial charge in [0.1, 0.15) is 5.41 Å². The second-order valence-electron chi connectivity index (χ2n) is 5.10. The number of carbonyl (C=O) groups is 1. The van der Waals surface area contributed by atoms with Crippen molar-refractivity contribution in [2.24, 2.45) is 16.3 Å². The molecular weight excluding hydrogens is 338 g/mol. The van der Waals surface area contributed by atoms with Crippen molar-refractivity contribution in [3.8, 4) is 0 Å². The van der Waals surface area contributed by atoms with Crippen molar-refractivity contribution in [1.82, 2.24) is 0 Å². The first-order chi connectivity index (χ1) is 9.99. The minimum Gasteiger partial charge on any atom is -0.409 e. The Bertz CT molecular complexity index is 569. The number of aryl methyl sites for hydroxylation is 1. The predicted octanol–water partition coefficient (Wildman–Crippen LogP) is 2.24. The number of nitrogens with one attached hydrogen (secondary N) is 1. The summed E-state index contributed by atoms with van der Waals surface area (Å²) in [5, 5.41) is 14.9. The van der Waals surface area contributed by atoms with Gasteiger partial charge in [0, 0.05) is 23.4 Å². The van der Waals surface area contributed by atoms with Gasteiger partial charge in [-0.1, -0.05) is 27.2 Å². The van der Waals surface area contributed by atoms with E-state index in [1.54, 1.807) is 0 Å². The van der Waals surface area contributed by atoms with E-state index in [2.05, 4.69) is 26.4 Å². The number of amides is 1. The summed E-state index contributed by atoms with van der Waals surface area (Å²) in [5.74, 6) is -0.355. The number of anilines is 1. The maximum absolute atomic E-state index is 12.6. The minimum atomic E-state index is -1.02. The molecule has 0 bridgehead atoms. The second kappa shape index (κ2) is 6.44. The Labute approximate surface area is 131 Å². The van der Waals surface area contributed by atoms with Crippen LogP contribution in [0.3, 0.4) is 0 Å². The van der Waals surface area contributed by atoms with Crippen LogP contribution >= 0.6 is 15.9 Å². The number of nitrogens with two attached hydrogens (primary N) is 1. The fraction of sp³-hybridized carbons (Fsp3) is 0.429. The van der Waals surface area contributed by atoms with Gasteiger partial charge < -0.3 is 21.0 Å². The fourth-order valence-corrected chi connectivity index (χ4v) is 2.72. The van der Waals surface area contributed by atoms with E-state index in [0.29, 0.717) is 31.7 Å². The third kappa shape index (κ3) is 3.19. The molecule has 0 aliphatic carbocycles. The lowest BCUT2D eigenvalue weighted by molar-refractivity contribution is -0.126. The summed E-state index contributed by atoms with van der Waals surface area (Å²) in [4.78, 5) is 12.6. The molecule has 0 atom stereocenters. The lowest BCUT2D eigenvalue weighted by atomic mass is 9.78. The number of halogens is 1. The maximum Gasteiger partial charge on any atom is 0.238 e. The van der Waals surface area contributed by atoms with Crippen LogP contribution in [0.15, 0.2) is 27.8 Å². The largest absolute Gasteiger partial charge is 0.409 e. The van der Waals surface area contributed by atoms with E-state index in [-0.39, 0.29) is 11.7 Å². The second-order valence-corrected chi connectivity index (χ2v) is 5.95. The molecule has 7 heteroatoms. The molecule has 0 radical (unpaired) electrons. The van der Waals surface area contributed by atoms with Crippen LogP contribution in [0.1, 0.15) is 18.4 Å². The summed E-state index contributed by atoms with van der Waals surface area (Å²) in [6.45, 7) is 2.77. The van der Waals surface area contributed by atoms with Gasteiger partial charge in [0.25, 0.3) is 0 Å². The highest BCUT2D eigenvalue weighted by Gasteiger charge is 2.44. The van der Waals surface area contributed by atoms with Crippen LogP contribution in [0, 0.1) is 12.3 Å². The first-order valence-corrected chi connectivity index (χ1v) is 7.42. The van der Waals surface area contributed by atoms with Gasteiger partial charge in [0.05, 0.1) is 0 Å². The molecule has 0 saturated carbocycles. The van der Waals surface area contributed by atoms with Gasteiger partial charge in [0.15, 0.2) is 5.84 Å². The van der Waals surface area contributed by atoms with Gasteiger partial charge in [-0.15, -0.1) is 0 Å². The Morgan fingerprint density at radius 2 is 2.14 bits per heavy atom. The summed E-state index contributed by atoms with van der Waals surface area (Å²) in [6.07, 6.45) is 0.781. The van der Waals surface area contributed by atoms with Gasteiger partial charge in [0.2, 0.25) is 5.91 Å². The molecule has 1 saturated heterocycles. The Kier molecular flexibility index (Phi) is 4.84. The van der Waals surface area contributed by atoms with Crippen LogP contribution in [0.5, 0.6) is 0 Å². The molecular formula is C14H18BrN3O3. The van der Waals surface area contributed by atoms with Crippen molar-refractivity contribution in [3.63, 3.8) is 0 Å². The molecule has 1 aliphatic heterocycles. The molecule has 0 aromatic heterocycles. The van der Waals surface area contributed by atoms with Crippen LogP contribution in [0.2, 0.25) is 0 Å². The predicted molar refractivity (Wildman–Crippen MR) is 83.4 cm³/mol. The van der Waals surface area contributed by atoms with Crippen molar-refractivity contribution < 1.29 is 14.7 Å². The molecule has 1 aliphatic rings. The van der Waals surface area contributed by atoms with Crippen molar-refractivity contribution in [3.05, 3.63) is 28.2 Å². The average molecular weight is 356 g/mol. The highest BCUT2D eigenvalue weighted by atomic mass is 79.9. The molecule has 1 aromatic rings. The molecule has 21 heavy (non-hydrogen) atoms. The number of amidine groups is 1. The molecule has 0 unspecified atom stereocenters. The minimum absolute atomic E-state index is 0.0746. The third-order valence-corrected chi connectivity index (χ3v) is 4.66. The summed E-state index contributed by atoms with van der Waals surface area (Å²) < 4.78 is 6.18. The number of rotatable bonds is 3. The number of hydrogen-bond donors (Lipinski definition) is 3. The molecule has 1 aromatic carbocycles. The van der Waals surface area contributed by atoms with E-state index in [0.717, 1.165) is 10.0 Å². The highest BCUT2D eigenvalue weighted by Crippen LogP contribution is 2.33. The quantitative estimate of drug-likeness (QED) is 0.335. The molecule has 4 N–H and O–H groups in total. The molecule has 2 rings (SSSR count). The first-order valence-electron chi connectivity index (χ1n) is 6.63. The molecule has 1 heterocycles. The van der Waals surface area contributed by atoms with Crippen molar-refractivity contribution in [2.75, 3.05) is 18.5 Å². The molecule has 1 amide bonds. The van der Waals surface area contributed by atoms with E-state index >= 15 is 0 Å². The standard InChI is InChI=1S/C14H18BrN3O3/c1-9-2-3-10(8-11(9)15)17-13(19)14(12(16)18-20)4-6-21-7-5-14/h2-3,8,20H,4-7H2,1H3,(H2,16,18)(H,17,19). The Hall–Kier alpha value is -1.60. The lowest BCUT2D eigenvalue weighted by Gasteiger charge is -2.34. The Balaban J connectivity index is 2.24. The maximum atomic E-state index is 12.6. The molecule has 1 fully saturated rings. The van der Waals surface area contributed by atoms with E-state index < -0.39 is 5.41 Å². The number of benzene rings is 1. The monoisotopic (exact) mass is 355 g/mol. The average Bonchev–Trinajstić information content (AvgIpc) is 2.50. The SMILES string of the molecule is Cc1ccc(NC(=O)C2(C(N)=NO)CCOCC2)cc1Br. The zero-order valence-electron chi connectivity index (χ0n) is 11.7. The van der Waals surface area contributed by atoms with Gasteiger partial charge in [-0.05, 0) is 37.5 Å². The lowest BCUT2D eigenvalue weighted by Crippen LogP contribution is -2.50. The van der Waals surface area contributed by atoms with E-state index in [1.165, 1.54) is 0 Å². The van der Waals surface area contributed by atoms with Crippen molar-refractivity contribution in [2.45, 2.75) is 19.8 Å². The zero-order chi connectivity index (χ0) is 15.5. The van der Waals surface area contributed by atoms with Crippen molar-refractivity contribution >= 4 is 33.4 Å². The number of hydrogen-bond acceptors (Lipinski definition) is 4. The van der Waals surface area contributed by atoms with Crippen LogP contribution in [0.25, 0.3) is 0 Å². The summed E-state index contributed by atoms with van der Waals surface area (Å²) >= 11 is 3.43. The van der Waals surface area contributed by atoms with E-state index in [9.17, 15) is 4.79 Å². The molecule has 114 valence electrons. The molecule has 6 nitrogen and oxygen atoms in total. The topological polar surface area (TPSA) is 96.9 Å². The van der Waals surface area contributed by atoms with Gasteiger partial charge in [-0.3, -0.25) is 4.79 Å². The van der Waals surface area contributed by atoms with Crippen LogP contribution < -0.4 is 11.1 Å². The van der Waals surface area contributed by atoms with Gasteiger partial charge in [-0.25, -0.2) is 0 Å². The van der Waals surface area contributed by atoms with Crippen molar-refractivity contribution in [1.29, 1.82) is 0 Å². The third-order valence-electron chi connectivity index (χ3n) is 3.81. The number of oxime groups is 1. The van der Waals surface area contributed by atoms with Crippen LogP contribution in [-0.2, 0) is 9.53 Å². The Morgan fingerprint density at radius 1 is 1.48 bits per heavy atom. The van der Waals surface area contributed by atoms with Crippen LogP contribution in [-0.4, -0.2) is 30.2 Å².